The van der Waals surface area contributed by atoms with Crippen LogP contribution in [0, 0.1) is 0 Å². The molecule has 1 amide bonds. The summed E-state index contributed by atoms with van der Waals surface area (Å²) in [6.07, 6.45) is 0. The average Bonchev–Trinajstić information content (AvgIpc) is 2.55. The Morgan fingerprint density at radius 3 is 2.14 bits per heavy atom. The van der Waals surface area contributed by atoms with Crippen LogP contribution in [0.15, 0.2) is 48.5 Å². The topological polar surface area (TPSA) is 81.4 Å². The second-order valence-electron chi connectivity index (χ2n) is 4.65. The maximum atomic E-state index is 12.1. The van der Waals surface area contributed by atoms with Crippen LogP contribution in [-0.2, 0) is 11.3 Å². The molecule has 0 aromatic heterocycles. The van der Waals surface area contributed by atoms with Gasteiger partial charge in [-0.2, -0.15) is 0 Å². The summed E-state index contributed by atoms with van der Waals surface area (Å²) in [7, 11) is 0. The van der Waals surface area contributed by atoms with Crippen molar-refractivity contribution >= 4 is 17.6 Å². The summed E-state index contributed by atoms with van der Waals surface area (Å²) in [4.78, 5) is 23.6. The fourth-order valence-electron chi connectivity index (χ4n) is 1.90. The lowest BCUT2D eigenvalue weighted by atomic mass is 10.1. The molecule has 0 aliphatic rings. The van der Waals surface area contributed by atoms with E-state index >= 15 is 0 Å². The monoisotopic (exact) mass is 298 g/mol. The summed E-state index contributed by atoms with van der Waals surface area (Å²) in [5, 5.41) is 2.77. The normalized spacial score (nSPS) is 10.1. The molecule has 0 heterocycles. The zero-order chi connectivity index (χ0) is 15.9. The number of benzene rings is 2. The van der Waals surface area contributed by atoms with Gasteiger partial charge in [-0.25, -0.2) is 4.79 Å². The van der Waals surface area contributed by atoms with E-state index in [0.717, 1.165) is 5.56 Å². The molecule has 0 saturated heterocycles. The Balaban J connectivity index is 2.03. The maximum absolute atomic E-state index is 12.1. The molecule has 0 fully saturated rings. The van der Waals surface area contributed by atoms with Gasteiger partial charge in [0.25, 0.3) is 5.91 Å². The van der Waals surface area contributed by atoms with Gasteiger partial charge in [0.2, 0.25) is 0 Å². The van der Waals surface area contributed by atoms with E-state index in [1.165, 1.54) is 0 Å². The number of ether oxygens (including phenoxy) is 1. The molecule has 3 N–H and O–H groups in total. The minimum Gasteiger partial charge on any atom is -0.462 e. The van der Waals surface area contributed by atoms with Crippen molar-refractivity contribution < 1.29 is 14.3 Å². The largest absolute Gasteiger partial charge is 0.462 e. The summed E-state index contributed by atoms with van der Waals surface area (Å²) in [6.45, 7) is 2.52. The van der Waals surface area contributed by atoms with Gasteiger partial charge in [0.1, 0.15) is 0 Å². The molecule has 2 aromatic rings. The molecule has 0 unspecified atom stereocenters. The van der Waals surface area contributed by atoms with Gasteiger partial charge in [0.05, 0.1) is 12.2 Å². The summed E-state index contributed by atoms with van der Waals surface area (Å²) in [5.74, 6) is -0.592. The molecule has 0 saturated carbocycles. The third-order valence-electron chi connectivity index (χ3n) is 3.11. The van der Waals surface area contributed by atoms with E-state index < -0.39 is 0 Å². The number of nitrogens with two attached hydrogens (primary N) is 1. The molecule has 2 rings (SSSR count). The summed E-state index contributed by atoms with van der Waals surface area (Å²) < 4.78 is 4.90. The van der Waals surface area contributed by atoms with Crippen LogP contribution in [0.2, 0.25) is 0 Å². The van der Waals surface area contributed by atoms with Gasteiger partial charge in [0, 0.05) is 17.8 Å². The van der Waals surface area contributed by atoms with E-state index in [4.69, 9.17) is 10.5 Å². The van der Waals surface area contributed by atoms with Crippen LogP contribution in [0.5, 0.6) is 0 Å². The lowest BCUT2D eigenvalue weighted by Gasteiger charge is -2.07. The highest BCUT2D eigenvalue weighted by Crippen LogP contribution is 2.13. The van der Waals surface area contributed by atoms with Gasteiger partial charge < -0.3 is 15.8 Å². The number of rotatable bonds is 5. The van der Waals surface area contributed by atoms with Crippen LogP contribution in [0.3, 0.4) is 0 Å². The summed E-state index contributed by atoms with van der Waals surface area (Å²) in [6, 6.07) is 13.7. The van der Waals surface area contributed by atoms with Crippen molar-refractivity contribution in [2.75, 3.05) is 11.9 Å². The van der Waals surface area contributed by atoms with Crippen molar-refractivity contribution in [1.82, 2.24) is 0 Å². The molecule has 5 nitrogen and oxygen atoms in total. The first-order valence-corrected chi connectivity index (χ1v) is 7.01. The van der Waals surface area contributed by atoms with Crippen LogP contribution in [0.1, 0.15) is 33.2 Å². The van der Waals surface area contributed by atoms with Crippen LogP contribution >= 0.6 is 0 Å². The third kappa shape index (κ3) is 3.93. The van der Waals surface area contributed by atoms with E-state index in [-0.39, 0.29) is 11.9 Å². The molecule has 0 aliphatic heterocycles. The number of amides is 1. The standard InChI is InChI=1S/C17H18N2O3/c1-2-22-17(21)14-7-9-15(10-8-14)19-16(20)13-5-3-12(11-18)4-6-13/h3-10H,2,11,18H2,1H3,(H,19,20). The number of carbonyl (C=O) groups excluding carboxylic acids is 2. The van der Waals surface area contributed by atoms with E-state index in [1.807, 2.05) is 12.1 Å². The zero-order valence-electron chi connectivity index (χ0n) is 12.3. The van der Waals surface area contributed by atoms with E-state index in [0.29, 0.717) is 30.0 Å². The van der Waals surface area contributed by atoms with Gasteiger partial charge in [0.15, 0.2) is 0 Å². The first-order valence-electron chi connectivity index (χ1n) is 7.01. The molecule has 5 heteroatoms. The highest BCUT2D eigenvalue weighted by molar-refractivity contribution is 6.04. The highest BCUT2D eigenvalue weighted by atomic mass is 16.5. The van der Waals surface area contributed by atoms with Crippen molar-refractivity contribution in [2.24, 2.45) is 5.73 Å². The summed E-state index contributed by atoms with van der Waals surface area (Å²) in [5.41, 5.74) is 8.10. The quantitative estimate of drug-likeness (QED) is 0.831. The molecule has 0 bridgehead atoms. The number of hydrogen-bond donors (Lipinski definition) is 2. The molecule has 22 heavy (non-hydrogen) atoms. The lowest BCUT2D eigenvalue weighted by molar-refractivity contribution is 0.0526. The first kappa shape index (κ1) is 15.7. The predicted molar refractivity (Wildman–Crippen MR) is 84.7 cm³/mol. The second-order valence-corrected chi connectivity index (χ2v) is 4.65. The predicted octanol–water partition coefficient (Wildman–Crippen LogP) is 2.57. The van der Waals surface area contributed by atoms with Crippen LogP contribution in [0.25, 0.3) is 0 Å². The Bertz CT molecular complexity index is 649. The lowest BCUT2D eigenvalue weighted by Crippen LogP contribution is -2.12. The van der Waals surface area contributed by atoms with Gasteiger partial charge in [-0.1, -0.05) is 12.1 Å². The molecular weight excluding hydrogens is 280 g/mol. The molecule has 0 radical (unpaired) electrons. The van der Waals surface area contributed by atoms with Gasteiger partial charge in [-0.3, -0.25) is 4.79 Å². The Morgan fingerprint density at radius 1 is 1.00 bits per heavy atom. The average molecular weight is 298 g/mol. The van der Waals surface area contributed by atoms with Crippen molar-refractivity contribution in [3.63, 3.8) is 0 Å². The minimum atomic E-state index is -0.377. The molecule has 0 spiro atoms. The molecule has 0 aliphatic carbocycles. The van der Waals surface area contributed by atoms with Crippen molar-refractivity contribution in [1.29, 1.82) is 0 Å². The SMILES string of the molecule is CCOC(=O)c1ccc(NC(=O)c2ccc(CN)cc2)cc1. The van der Waals surface area contributed by atoms with Crippen LogP contribution < -0.4 is 11.1 Å². The number of esters is 1. The van der Waals surface area contributed by atoms with Gasteiger partial charge in [-0.15, -0.1) is 0 Å². The van der Waals surface area contributed by atoms with Crippen LogP contribution in [-0.4, -0.2) is 18.5 Å². The molecule has 114 valence electrons. The van der Waals surface area contributed by atoms with E-state index in [9.17, 15) is 9.59 Å². The number of carbonyl (C=O) groups is 2. The smallest absolute Gasteiger partial charge is 0.338 e. The highest BCUT2D eigenvalue weighted by Gasteiger charge is 2.08. The Morgan fingerprint density at radius 2 is 1.59 bits per heavy atom. The zero-order valence-corrected chi connectivity index (χ0v) is 12.3. The number of anilines is 1. The first-order chi connectivity index (χ1) is 10.6. The fourth-order valence-corrected chi connectivity index (χ4v) is 1.90. The van der Waals surface area contributed by atoms with E-state index in [1.54, 1.807) is 43.3 Å². The Kier molecular flexibility index (Phi) is 5.27. The number of hydrogen-bond acceptors (Lipinski definition) is 4. The summed E-state index contributed by atoms with van der Waals surface area (Å²) >= 11 is 0. The molecule has 0 atom stereocenters. The van der Waals surface area contributed by atoms with Crippen LogP contribution in [0.4, 0.5) is 5.69 Å². The van der Waals surface area contributed by atoms with E-state index in [2.05, 4.69) is 5.32 Å². The minimum absolute atomic E-state index is 0.215. The van der Waals surface area contributed by atoms with Crippen molar-refractivity contribution in [2.45, 2.75) is 13.5 Å². The van der Waals surface area contributed by atoms with Crippen molar-refractivity contribution in [3.05, 3.63) is 65.2 Å². The fraction of sp³-hybridized carbons (Fsp3) is 0.176. The van der Waals surface area contributed by atoms with Crippen molar-refractivity contribution in [3.8, 4) is 0 Å². The van der Waals surface area contributed by atoms with Gasteiger partial charge in [-0.05, 0) is 48.9 Å². The second kappa shape index (κ2) is 7.38. The molecule has 2 aromatic carbocycles. The third-order valence-corrected chi connectivity index (χ3v) is 3.11. The maximum Gasteiger partial charge on any atom is 0.338 e. The molecular formula is C17H18N2O3. The Hall–Kier alpha value is -2.66. The Labute approximate surface area is 129 Å². The van der Waals surface area contributed by atoms with Gasteiger partial charge >= 0.3 is 5.97 Å². The number of nitrogens with one attached hydrogen (secondary N) is 1.